The summed E-state index contributed by atoms with van der Waals surface area (Å²) in [5.41, 5.74) is 6.83. The topological polar surface area (TPSA) is 29.3 Å². The molecule has 94 valence electrons. The molecule has 0 aromatic heterocycles. The van der Waals surface area contributed by atoms with Gasteiger partial charge in [0.15, 0.2) is 0 Å². The number of thiocarbonyl (C=S) groups is 1. The van der Waals surface area contributed by atoms with Gasteiger partial charge in [-0.15, -0.1) is 0 Å². The first-order valence-corrected chi connectivity index (χ1v) is 5.38. The highest BCUT2D eigenvalue weighted by atomic mass is 32.1. The van der Waals surface area contributed by atoms with Crippen molar-refractivity contribution in [1.82, 2.24) is 0 Å². The van der Waals surface area contributed by atoms with Gasteiger partial charge in [0.05, 0.1) is 6.42 Å². The van der Waals surface area contributed by atoms with Crippen molar-refractivity contribution in [1.29, 1.82) is 0 Å². The Labute approximate surface area is 103 Å². The number of benzene rings is 1. The van der Waals surface area contributed by atoms with E-state index in [1.165, 1.54) is 4.90 Å². The average Bonchev–Trinajstić information content (AvgIpc) is 2.25. The Morgan fingerprint density at radius 3 is 2.24 bits per heavy atom. The van der Waals surface area contributed by atoms with Gasteiger partial charge in [0.2, 0.25) is 0 Å². The van der Waals surface area contributed by atoms with E-state index < -0.39 is 12.6 Å². The van der Waals surface area contributed by atoms with Gasteiger partial charge in [-0.25, -0.2) is 0 Å². The summed E-state index contributed by atoms with van der Waals surface area (Å²) in [5.74, 6) is 0. The van der Waals surface area contributed by atoms with Crippen LogP contribution in [0.2, 0.25) is 0 Å². The number of anilines is 1. The molecule has 1 aromatic rings. The zero-order valence-electron chi connectivity index (χ0n) is 9.29. The molecule has 0 aliphatic rings. The molecule has 0 amide bonds. The lowest BCUT2D eigenvalue weighted by molar-refractivity contribution is -0.132. The summed E-state index contributed by atoms with van der Waals surface area (Å²) in [5, 5.41) is 0. The molecule has 0 fully saturated rings. The van der Waals surface area contributed by atoms with E-state index in [2.05, 4.69) is 0 Å². The summed E-state index contributed by atoms with van der Waals surface area (Å²) in [4.78, 5) is 1.81. The van der Waals surface area contributed by atoms with Crippen molar-refractivity contribution in [3.05, 3.63) is 29.8 Å². The van der Waals surface area contributed by atoms with Crippen molar-refractivity contribution in [3.8, 4) is 0 Å². The Bertz CT molecular complexity index is 387. The summed E-state index contributed by atoms with van der Waals surface area (Å²) >= 11 is 4.79. The Hall–Kier alpha value is -1.30. The highest BCUT2D eigenvalue weighted by Gasteiger charge is 2.27. The van der Waals surface area contributed by atoms with Crippen LogP contribution in [0.3, 0.4) is 0 Å². The molecule has 0 aliphatic carbocycles. The fourth-order valence-corrected chi connectivity index (χ4v) is 1.44. The SMILES string of the molecule is CN(CCC(F)(F)F)c1ccc(C(N)=S)cc1. The van der Waals surface area contributed by atoms with Crippen LogP contribution in [0.15, 0.2) is 24.3 Å². The van der Waals surface area contributed by atoms with Crippen LogP contribution < -0.4 is 10.6 Å². The van der Waals surface area contributed by atoms with E-state index in [0.29, 0.717) is 11.3 Å². The van der Waals surface area contributed by atoms with Gasteiger partial charge in [0.1, 0.15) is 4.99 Å². The number of nitrogens with two attached hydrogens (primary N) is 1. The summed E-state index contributed by atoms with van der Waals surface area (Å²) in [7, 11) is 1.61. The Morgan fingerprint density at radius 2 is 1.82 bits per heavy atom. The second kappa shape index (κ2) is 5.35. The molecule has 2 N–H and O–H groups in total. The zero-order chi connectivity index (χ0) is 13.1. The van der Waals surface area contributed by atoms with E-state index in [1.807, 2.05) is 0 Å². The van der Waals surface area contributed by atoms with Crippen LogP contribution in [0.1, 0.15) is 12.0 Å². The molecule has 17 heavy (non-hydrogen) atoms. The van der Waals surface area contributed by atoms with Gasteiger partial charge in [0, 0.05) is 24.8 Å². The second-order valence-corrected chi connectivity index (χ2v) is 4.14. The van der Waals surface area contributed by atoms with E-state index >= 15 is 0 Å². The first-order valence-electron chi connectivity index (χ1n) is 4.97. The number of hydrogen-bond donors (Lipinski definition) is 1. The van der Waals surface area contributed by atoms with Gasteiger partial charge >= 0.3 is 6.18 Å². The van der Waals surface area contributed by atoms with Gasteiger partial charge in [-0.2, -0.15) is 13.2 Å². The van der Waals surface area contributed by atoms with Gasteiger partial charge < -0.3 is 10.6 Å². The number of alkyl halides is 3. The third-order valence-corrected chi connectivity index (χ3v) is 2.56. The summed E-state index contributed by atoms with van der Waals surface area (Å²) < 4.78 is 36.1. The monoisotopic (exact) mass is 262 g/mol. The van der Waals surface area contributed by atoms with E-state index in [1.54, 1.807) is 31.3 Å². The minimum Gasteiger partial charge on any atom is -0.389 e. The van der Waals surface area contributed by atoms with Crippen LogP contribution in [0.25, 0.3) is 0 Å². The van der Waals surface area contributed by atoms with Gasteiger partial charge in [-0.1, -0.05) is 12.2 Å². The molecule has 2 nitrogen and oxygen atoms in total. The lowest BCUT2D eigenvalue weighted by Crippen LogP contribution is -2.24. The van der Waals surface area contributed by atoms with Crippen molar-refractivity contribution in [2.45, 2.75) is 12.6 Å². The molecule has 1 aromatic carbocycles. The maximum absolute atomic E-state index is 12.0. The second-order valence-electron chi connectivity index (χ2n) is 3.70. The molecular formula is C11H13F3N2S. The molecule has 0 aliphatic heterocycles. The molecule has 0 saturated carbocycles. The van der Waals surface area contributed by atoms with Crippen molar-refractivity contribution in [2.24, 2.45) is 5.73 Å². The third-order valence-electron chi connectivity index (χ3n) is 2.32. The Kier molecular flexibility index (Phi) is 4.34. The van der Waals surface area contributed by atoms with Crippen molar-refractivity contribution in [3.63, 3.8) is 0 Å². The maximum Gasteiger partial charge on any atom is 0.390 e. The third kappa shape index (κ3) is 4.60. The molecule has 0 unspecified atom stereocenters. The van der Waals surface area contributed by atoms with Crippen LogP contribution in [-0.2, 0) is 0 Å². The normalized spacial score (nSPS) is 11.3. The van der Waals surface area contributed by atoms with E-state index in [0.717, 1.165) is 0 Å². The number of halogens is 3. The predicted molar refractivity (Wildman–Crippen MR) is 66.3 cm³/mol. The minimum atomic E-state index is -4.13. The summed E-state index contributed by atoms with van der Waals surface area (Å²) in [6.45, 7) is -0.0735. The fourth-order valence-electron chi connectivity index (χ4n) is 1.30. The van der Waals surface area contributed by atoms with Gasteiger partial charge in [0.25, 0.3) is 0 Å². The largest absolute Gasteiger partial charge is 0.390 e. The minimum absolute atomic E-state index is 0.0735. The zero-order valence-corrected chi connectivity index (χ0v) is 10.1. The summed E-state index contributed by atoms with van der Waals surface area (Å²) in [6.07, 6.45) is -4.96. The van der Waals surface area contributed by atoms with Gasteiger partial charge in [-0.3, -0.25) is 0 Å². The maximum atomic E-state index is 12.0. The van der Waals surface area contributed by atoms with E-state index in [4.69, 9.17) is 18.0 Å². The number of hydrogen-bond acceptors (Lipinski definition) is 2. The van der Waals surface area contributed by atoms with Crippen LogP contribution in [0, 0.1) is 0 Å². The van der Waals surface area contributed by atoms with Crippen molar-refractivity contribution in [2.75, 3.05) is 18.5 Å². The standard InChI is InChI=1S/C11H13F3N2S/c1-16(7-6-11(12,13)14)9-4-2-8(3-5-9)10(15)17/h2-5H,6-7H2,1H3,(H2,15,17). The highest BCUT2D eigenvalue weighted by Crippen LogP contribution is 2.21. The quantitative estimate of drug-likeness (QED) is 0.846. The molecule has 0 radical (unpaired) electrons. The first-order chi connectivity index (χ1) is 7.79. The Morgan fingerprint density at radius 1 is 1.29 bits per heavy atom. The van der Waals surface area contributed by atoms with Crippen LogP contribution in [0.4, 0.5) is 18.9 Å². The molecule has 0 spiro atoms. The highest BCUT2D eigenvalue weighted by molar-refractivity contribution is 7.80. The van der Waals surface area contributed by atoms with E-state index in [-0.39, 0.29) is 11.5 Å². The van der Waals surface area contributed by atoms with Crippen LogP contribution in [-0.4, -0.2) is 24.8 Å². The first kappa shape index (κ1) is 13.8. The molecular weight excluding hydrogens is 249 g/mol. The average molecular weight is 262 g/mol. The van der Waals surface area contributed by atoms with Crippen molar-refractivity contribution >= 4 is 22.9 Å². The number of rotatable bonds is 4. The molecule has 0 heterocycles. The Balaban J connectivity index is 2.63. The summed E-state index contributed by atoms with van der Waals surface area (Å²) in [6, 6.07) is 6.79. The predicted octanol–water partition coefficient (Wildman–Crippen LogP) is 2.71. The molecule has 0 bridgehead atoms. The van der Waals surface area contributed by atoms with Gasteiger partial charge in [-0.05, 0) is 24.3 Å². The molecule has 0 atom stereocenters. The van der Waals surface area contributed by atoms with E-state index in [9.17, 15) is 13.2 Å². The molecule has 0 saturated heterocycles. The molecule has 6 heteroatoms. The molecule has 1 rings (SSSR count). The smallest absolute Gasteiger partial charge is 0.389 e. The van der Waals surface area contributed by atoms with Crippen LogP contribution in [0.5, 0.6) is 0 Å². The number of nitrogens with zero attached hydrogens (tertiary/aromatic N) is 1. The lowest BCUT2D eigenvalue weighted by Gasteiger charge is -2.20. The van der Waals surface area contributed by atoms with Crippen molar-refractivity contribution < 1.29 is 13.2 Å². The van der Waals surface area contributed by atoms with Crippen LogP contribution >= 0.6 is 12.2 Å². The lowest BCUT2D eigenvalue weighted by atomic mass is 10.2. The fraction of sp³-hybridized carbons (Fsp3) is 0.364.